The molecule has 0 spiro atoms. The van der Waals surface area contributed by atoms with E-state index in [9.17, 15) is 0 Å². The molecular formula is C45H94N2. The van der Waals surface area contributed by atoms with Crippen molar-refractivity contribution in [3.05, 3.63) is 0 Å². The fourth-order valence-corrected chi connectivity index (χ4v) is 7.30. The fourth-order valence-electron chi connectivity index (χ4n) is 7.30. The molecule has 0 aromatic rings. The normalized spacial score (nSPS) is 12.0. The van der Waals surface area contributed by atoms with Crippen LogP contribution in [0, 0.1) is 0 Å². The van der Waals surface area contributed by atoms with E-state index < -0.39 is 0 Å². The zero-order valence-corrected chi connectivity index (χ0v) is 33.8. The molecule has 0 heterocycles. The van der Waals surface area contributed by atoms with Gasteiger partial charge >= 0.3 is 0 Å². The molecule has 0 aliphatic carbocycles. The van der Waals surface area contributed by atoms with Gasteiger partial charge in [-0.15, -0.1) is 0 Å². The minimum absolute atomic E-state index is 0.211. The van der Waals surface area contributed by atoms with Gasteiger partial charge in [-0.25, -0.2) is 0 Å². The number of nitrogens with one attached hydrogen (secondary N) is 2. The van der Waals surface area contributed by atoms with Crippen molar-refractivity contribution in [1.82, 2.24) is 10.9 Å². The second kappa shape index (κ2) is 40.4. The first-order valence-corrected chi connectivity index (χ1v) is 22.6. The predicted molar refractivity (Wildman–Crippen MR) is 217 cm³/mol. The van der Waals surface area contributed by atoms with Gasteiger partial charge in [0.2, 0.25) is 0 Å². The average molecular weight is 663 g/mol. The van der Waals surface area contributed by atoms with Gasteiger partial charge in [0.15, 0.2) is 0 Å². The van der Waals surface area contributed by atoms with Gasteiger partial charge in [-0.2, -0.15) is 0 Å². The highest BCUT2D eigenvalue weighted by Gasteiger charge is 2.15. The van der Waals surface area contributed by atoms with Crippen molar-refractivity contribution in [1.29, 1.82) is 0 Å². The lowest BCUT2D eigenvalue weighted by atomic mass is 9.96. The third-order valence-corrected chi connectivity index (χ3v) is 10.7. The standard InChI is InChI=1S/C45H94N2/c1-5-7-9-11-13-15-17-19-21-23-24-25-26-28-30-32-34-36-38-40-42-44-46-47-45(3,4)43-41-39-37-35-33-31-29-27-22-20-18-16-14-12-10-8-6-2/h46-47H,5-44H2,1-4H3. The van der Waals surface area contributed by atoms with Crippen molar-refractivity contribution in [2.45, 2.75) is 284 Å². The maximum absolute atomic E-state index is 3.63. The van der Waals surface area contributed by atoms with Gasteiger partial charge in [0.05, 0.1) is 0 Å². The Balaban J connectivity index is 3.24. The van der Waals surface area contributed by atoms with Crippen molar-refractivity contribution in [2.24, 2.45) is 0 Å². The minimum atomic E-state index is 0.211. The van der Waals surface area contributed by atoms with E-state index in [2.05, 4.69) is 38.5 Å². The lowest BCUT2D eigenvalue weighted by Crippen LogP contribution is -2.48. The van der Waals surface area contributed by atoms with Crippen LogP contribution in [0.1, 0.15) is 278 Å². The highest BCUT2D eigenvalue weighted by Crippen LogP contribution is 2.18. The summed E-state index contributed by atoms with van der Waals surface area (Å²) in [5.74, 6) is 0. The molecule has 2 N–H and O–H groups in total. The smallest absolute Gasteiger partial charge is 0.0267 e. The first-order valence-electron chi connectivity index (χ1n) is 22.6. The topological polar surface area (TPSA) is 24.1 Å². The van der Waals surface area contributed by atoms with Gasteiger partial charge in [-0.05, 0) is 26.7 Å². The molecule has 0 aromatic carbocycles. The Morgan fingerprint density at radius 1 is 0.277 bits per heavy atom. The van der Waals surface area contributed by atoms with E-state index in [1.165, 1.54) is 250 Å². The van der Waals surface area contributed by atoms with E-state index >= 15 is 0 Å². The molecule has 0 aliphatic heterocycles. The summed E-state index contributed by atoms with van der Waals surface area (Å²) in [5, 5.41) is 0. The van der Waals surface area contributed by atoms with Crippen LogP contribution in [0.4, 0.5) is 0 Å². The summed E-state index contributed by atoms with van der Waals surface area (Å²) in [4.78, 5) is 0. The van der Waals surface area contributed by atoms with Gasteiger partial charge < -0.3 is 0 Å². The SMILES string of the molecule is CCCCCCCCCCCCCCCCCCCCCCCNNC(C)(C)CCCCCCCCCCCCCCCCCCC. The number of hydrogen-bond acceptors (Lipinski definition) is 2. The summed E-state index contributed by atoms with van der Waals surface area (Å²) in [6.45, 7) is 10.5. The van der Waals surface area contributed by atoms with E-state index in [-0.39, 0.29) is 5.54 Å². The Hall–Kier alpha value is -0.0800. The summed E-state index contributed by atoms with van der Waals surface area (Å²) in [6.07, 6.45) is 56.4. The van der Waals surface area contributed by atoms with Crippen molar-refractivity contribution in [2.75, 3.05) is 6.54 Å². The van der Waals surface area contributed by atoms with E-state index in [0.717, 1.165) is 6.54 Å². The van der Waals surface area contributed by atoms with Crippen LogP contribution < -0.4 is 10.9 Å². The van der Waals surface area contributed by atoms with Crippen molar-refractivity contribution in [3.63, 3.8) is 0 Å². The molecule has 47 heavy (non-hydrogen) atoms. The predicted octanol–water partition coefficient (Wildman–Crippen LogP) is 16.1. The monoisotopic (exact) mass is 663 g/mol. The molecule has 0 saturated heterocycles. The van der Waals surface area contributed by atoms with Crippen LogP contribution in [0.3, 0.4) is 0 Å². The largest absolute Gasteiger partial charge is 0.257 e. The van der Waals surface area contributed by atoms with Crippen molar-refractivity contribution >= 4 is 0 Å². The summed E-state index contributed by atoms with van der Waals surface area (Å²) in [5.41, 5.74) is 7.38. The average Bonchev–Trinajstić information content (AvgIpc) is 3.06. The third-order valence-electron chi connectivity index (χ3n) is 10.7. The molecule has 0 radical (unpaired) electrons. The molecule has 0 fully saturated rings. The zero-order chi connectivity index (χ0) is 34.2. The van der Waals surface area contributed by atoms with Crippen LogP contribution in [0.25, 0.3) is 0 Å². The molecule has 0 aromatic heterocycles. The van der Waals surface area contributed by atoms with Crippen LogP contribution in [-0.2, 0) is 0 Å². The van der Waals surface area contributed by atoms with Gasteiger partial charge in [0, 0.05) is 12.1 Å². The van der Waals surface area contributed by atoms with Gasteiger partial charge in [-0.3, -0.25) is 10.9 Å². The Kier molecular flexibility index (Phi) is 40.3. The Bertz CT molecular complexity index is 544. The first kappa shape index (κ1) is 46.9. The van der Waals surface area contributed by atoms with Crippen LogP contribution in [0.2, 0.25) is 0 Å². The maximum Gasteiger partial charge on any atom is 0.0267 e. The molecule has 0 bridgehead atoms. The van der Waals surface area contributed by atoms with Crippen LogP contribution in [0.5, 0.6) is 0 Å². The molecule has 0 amide bonds. The maximum atomic E-state index is 3.63. The van der Waals surface area contributed by atoms with Crippen molar-refractivity contribution in [3.8, 4) is 0 Å². The molecule has 0 saturated carbocycles. The van der Waals surface area contributed by atoms with Crippen molar-refractivity contribution < 1.29 is 0 Å². The summed E-state index contributed by atoms with van der Waals surface area (Å²) in [7, 11) is 0. The van der Waals surface area contributed by atoms with E-state index in [1.807, 2.05) is 0 Å². The number of hydrogen-bond donors (Lipinski definition) is 2. The van der Waals surface area contributed by atoms with Crippen LogP contribution >= 0.6 is 0 Å². The summed E-state index contributed by atoms with van der Waals surface area (Å²) in [6, 6.07) is 0. The zero-order valence-electron chi connectivity index (χ0n) is 33.8. The number of hydrazine groups is 1. The molecule has 0 aliphatic rings. The molecule has 0 atom stereocenters. The van der Waals surface area contributed by atoms with Crippen LogP contribution in [-0.4, -0.2) is 12.1 Å². The second-order valence-electron chi connectivity index (χ2n) is 16.4. The Morgan fingerprint density at radius 3 is 0.745 bits per heavy atom. The van der Waals surface area contributed by atoms with Gasteiger partial charge in [-0.1, -0.05) is 251 Å². The van der Waals surface area contributed by atoms with Gasteiger partial charge in [0.25, 0.3) is 0 Å². The fraction of sp³-hybridized carbons (Fsp3) is 1.00. The Morgan fingerprint density at radius 2 is 0.489 bits per heavy atom. The molecule has 2 nitrogen and oxygen atoms in total. The number of rotatable bonds is 42. The molecule has 2 heteroatoms. The lowest BCUT2D eigenvalue weighted by Gasteiger charge is -2.27. The highest BCUT2D eigenvalue weighted by atomic mass is 15.4. The summed E-state index contributed by atoms with van der Waals surface area (Å²) < 4.78 is 0. The van der Waals surface area contributed by atoms with E-state index in [4.69, 9.17) is 0 Å². The van der Waals surface area contributed by atoms with E-state index in [0.29, 0.717) is 0 Å². The molecular weight excluding hydrogens is 569 g/mol. The minimum Gasteiger partial charge on any atom is -0.257 e. The lowest BCUT2D eigenvalue weighted by molar-refractivity contribution is 0.298. The molecule has 0 rings (SSSR count). The highest BCUT2D eigenvalue weighted by molar-refractivity contribution is 4.75. The number of unbranched alkanes of at least 4 members (excludes halogenated alkanes) is 36. The molecule has 0 unspecified atom stereocenters. The quantitative estimate of drug-likeness (QED) is 0.0502. The van der Waals surface area contributed by atoms with Crippen LogP contribution in [0.15, 0.2) is 0 Å². The summed E-state index contributed by atoms with van der Waals surface area (Å²) >= 11 is 0. The molecule has 284 valence electrons. The third kappa shape index (κ3) is 42.0. The van der Waals surface area contributed by atoms with E-state index in [1.54, 1.807) is 0 Å². The Labute approximate surface area is 300 Å². The first-order chi connectivity index (χ1) is 23.1. The van der Waals surface area contributed by atoms with Gasteiger partial charge in [0.1, 0.15) is 0 Å². The second-order valence-corrected chi connectivity index (χ2v) is 16.4.